The predicted molar refractivity (Wildman–Crippen MR) is 121 cm³/mol. The van der Waals surface area contributed by atoms with Crippen LogP contribution in [0.25, 0.3) is 11.0 Å². The Balaban J connectivity index is 1.40. The summed E-state index contributed by atoms with van der Waals surface area (Å²) >= 11 is 6.05. The first-order valence-corrected chi connectivity index (χ1v) is 11.1. The summed E-state index contributed by atoms with van der Waals surface area (Å²) in [5, 5.41) is 1.25. The Labute approximate surface area is 186 Å². The van der Waals surface area contributed by atoms with Gasteiger partial charge in [-0.1, -0.05) is 29.8 Å². The van der Waals surface area contributed by atoms with Crippen LogP contribution >= 0.6 is 11.6 Å². The minimum Gasteiger partial charge on any atom is -0.353 e. The molecule has 1 unspecified atom stereocenters. The van der Waals surface area contributed by atoms with E-state index in [4.69, 9.17) is 16.3 Å². The minimum absolute atomic E-state index is 0.103. The maximum absolute atomic E-state index is 13.3. The molecule has 5 rings (SSSR count). The molecule has 2 aliphatic rings. The van der Waals surface area contributed by atoms with E-state index in [1.54, 1.807) is 11.0 Å². The summed E-state index contributed by atoms with van der Waals surface area (Å²) in [5.74, 6) is 1.09. The maximum Gasteiger partial charge on any atom is 0.262 e. The maximum atomic E-state index is 13.3. The number of halogens is 1. The molecule has 0 saturated carbocycles. The van der Waals surface area contributed by atoms with E-state index in [-0.39, 0.29) is 5.91 Å². The van der Waals surface area contributed by atoms with Gasteiger partial charge < -0.3 is 9.64 Å². The monoisotopic (exact) mass is 436 g/mol. The molecule has 0 bridgehead atoms. The highest BCUT2D eigenvalue weighted by atomic mass is 35.5. The lowest BCUT2D eigenvalue weighted by Crippen LogP contribution is -2.32. The lowest BCUT2D eigenvalue weighted by atomic mass is 9.94. The molecule has 1 amide bonds. The number of fused-ring (bicyclic) bond motifs is 2. The molecular formula is C24H25ClN4O2. The average Bonchev–Trinajstić information content (AvgIpc) is 3.06. The number of nitrogens with zero attached hydrogens (tertiary/aromatic N) is 4. The molecular weight excluding hydrogens is 412 g/mol. The van der Waals surface area contributed by atoms with E-state index >= 15 is 0 Å². The normalized spacial score (nSPS) is 19.9. The van der Waals surface area contributed by atoms with Crippen LogP contribution in [0.2, 0.25) is 5.15 Å². The molecule has 1 aromatic carbocycles. The number of pyridine rings is 2. The first-order valence-electron chi connectivity index (χ1n) is 10.8. The van der Waals surface area contributed by atoms with Crippen molar-refractivity contribution in [3.05, 3.63) is 64.8 Å². The van der Waals surface area contributed by atoms with Crippen molar-refractivity contribution < 1.29 is 9.53 Å². The number of likely N-dealkylation sites (tertiary alicyclic amines) is 1. The number of anilines is 1. The van der Waals surface area contributed by atoms with Crippen molar-refractivity contribution in [3.8, 4) is 0 Å². The van der Waals surface area contributed by atoms with Crippen molar-refractivity contribution in [3.63, 3.8) is 0 Å². The summed E-state index contributed by atoms with van der Waals surface area (Å²) in [7, 11) is 2.17. The van der Waals surface area contributed by atoms with Gasteiger partial charge in [-0.05, 0) is 75.6 Å². The number of hydrogen-bond acceptors (Lipinski definition) is 5. The van der Waals surface area contributed by atoms with Gasteiger partial charge in [0.1, 0.15) is 11.0 Å². The van der Waals surface area contributed by atoms with E-state index < -0.39 is 6.23 Å². The number of amides is 1. The number of piperidine rings is 1. The predicted octanol–water partition coefficient (Wildman–Crippen LogP) is 4.69. The number of rotatable bonds is 5. The van der Waals surface area contributed by atoms with Gasteiger partial charge in [-0.25, -0.2) is 9.97 Å². The first kappa shape index (κ1) is 20.4. The van der Waals surface area contributed by atoms with Gasteiger partial charge >= 0.3 is 0 Å². The second-order valence-corrected chi connectivity index (χ2v) is 8.76. The Kier molecular flexibility index (Phi) is 5.61. The van der Waals surface area contributed by atoms with Crippen LogP contribution in [0.5, 0.6) is 0 Å². The van der Waals surface area contributed by atoms with Gasteiger partial charge in [0.25, 0.3) is 5.91 Å². The van der Waals surface area contributed by atoms with Crippen molar-refractivity contribution in [1.82, 2.24) is 14.9 Å². The van der Waals surface area contributed by atoms with Gasteiger partial charge in [0.2, 0.25) is 0 Å². The molecule has 3 aromatic rings. The van der Waals surface area contributed by atoms with Crippen molar-refractivity contribution in [1.29, 1.82) is 0 Å². The Bertz CT molecular complexity index is 1110. The van der Waals surface area contributed by atoms with E-state index in [2.05, 4.69) is 21.9 Å². The van der Waals surface area contributed by atoms with E-state index in [1.165, 1.54) is 12.8 Å². The fraction of sp³-hybridized carbons (Fsp3) is 0.375. The molecule has 1 atom stereocenters. The van der Waals surface area contributed by atoms with Gasteiger partial charge in [0.05, 0.1) is 0 Å². The molecule has 4 heterocycles. The molecule has 1 fully saturated rings. The molecule has 0 spiro atoms. The van der Waals surface area contributed by atoms with Gasteiger partial charge in [-0.15, -0.1) is 0 Å². The molecule has 2 aliphatic heterocycles. The highest BCUT2D eigenvalue weighted by Crippen LogP contribution is 2.38. The smallest absolute Gasteiger partial charge is 0.262 e. The van der Waals surface area contributed by atoms with Gasteiger partial charge in [-0.3, -0.25) is 9.69 Å². The third kappa shape index (κ3) is 4.03. The molecule has 31 heavy (non-hydrogen) atoms. The molecule has 6 nitrogen and oxygen atoms in total. The van der Waals surface area contributed by atoms with Gasteiger partial charge in [0, 0.05) is 23.1 Å². The molecule has 0 aliphatic carbocycles. The van der Waals surface area contributed by atoms with Crippen LogP contribution in [0.1, 0.15) is 41.4 Å². The van der Waals surface area contributed by atoms with Crippen LogP contribution < -0.4 is 4.90 Å². The van der Waals surface area contributed by atoms with Gasteiger partial charge in [0.15, 0.2) is 11.9 Å². The lowest BCUT2D eigenvalue weighted by molar-refractivity contribution is 0.0393. The second kappa shape index (κ2) is 8.54. The minimum atomic E-state index is -0.487. The van der Waals surface area contributed by atoms with Gasteiger partial charge in [-0.2, -0.15) is 0 Å². The third-order valence-corrected chi connectivity index (χ3v) is 6.51. The number of benzene rings is 1. The van der Waals surface area contributed by atoms with E-state index in [9.17, 15) is 4.79 Å². The zero-order valence-electron chi connectivity index (χ0n) is 17.5. The molecule has 160 valence electrons. The summed E-state index contributed by atoms with van der Waals surface area (Å²) in [6.07, 6.45) is 2.90. The van der Waals surface area contributed by atoms with Crippen LogP contribution in [0, 0.1) is 5.92 Å². The zero-order chi connectivity index (χ0) is 21.4. The van der Waals surface area contributed by atoms with Crippen LogP contribution in [-0.2, 0) is 4.74 Å². The van der Waals surface area contributed by atoms with Crippen LogP contribution in [-0.4, -0.2) is 47.5 Å². The van der Waals surface area contributed by atoms with E-state index in [0.29, 0.717) is 34.7 Å². The van der Waals surface area contributed by atoms with Crippen molar-refractivity contribution in [2.45, 2.75) is 25.5 Å². The fourth-order valence-corrected chi connectivity index (χ4v) is 4.61. The van der Waals surface area contributed by atoms with Crippen LogP contribution in [0.3, 0.4) is 0 Å². The molecule has 7 heteroatoms. The van der Waals surface area contributed by atoms with Crippen molar-refractivity contribution in [2.24, 2.45) is 5.92 Å². The summed E-state index contributed by atoms with van der Waals surface area (Å²) in [6.45, 7) is 2.88. The Morgan fingerprint density at radius 1 is 1.06 bits per heavy atom. The second-order valence-electron chi connectivity index (χ2n) is 8.37. The van der Waals surface area contributed by atoms with E-state index in [1.807, 2.05) is 42.5 Å². The zero-order valence-corrected chi connectivity index (χ0v) is 18.3. The number of hydrogen-bond donors (Lipinski definition) is 0. The molecule has 2 aromatic heterocycles. The Morgan fingerprint density at radius 2 is 1.84 bits per heavy atom. The quantitative estimate of drug-likeness (QED) is 0.543. The van der Waals surface area contributed by atoms with E-state index in [0.717, 1.165) is 30.5 Å². The summed E-state index contributed by atoms with van der Waals surface area (Å²) in [5.41, 5.74) is 2.06. The highest BCUT2D eigenvalue weighted by molar-refractivity contribution is 6.29. The molecule has 0 N–H and O–H groups in total. The third-order valence-electron chi connectivity index (χ3n) is 6.30. The highest BCUT2D eigenvalue weighted by Gasteiger charge is 2.39. The first-order chi connectivity index (χ1) is 15.1. The van der Waals surface area contributed by atoms with Crippen molar-refractivity contribution >= 4 is 34.4 Å². The van der Waals surface area contributed by atoms with Crippen LogP contribution in [0.4, 0.5) is 5.82 Å². The number of aromatic nitrogens is 2. The SMILES string of the molecule is CN1CCC(CCOC2c3ccccc3C(=O)N2c2ccc3ccc(Cl)nc3n2)CC1. The summed E-state index contributed by atoms with van der Waals surface area (Å²) in [4.78, 5) is 26.2. The number of ether oxygens (including phenoxy) is 1. The van der Waals surface area contributed by atoms with Crippen LogP contribution in [0.15, 0.2) is 48.5 Å². The molecule has 0 radical (unpaired) electrons. The van der Waals surface area contributed by atoms with Crippen molar-refractivity contribution in [2.75, 3.05) is 31.6 Å². The number of carbonyl (C=O) groups excluding carboxylic acids is 1. The largest absolute Gasteiger partial charge is 0.353 e. The topological polar surface area (TPSA) is 58.6 Å². The summed E-state index contributed by atoms with van der Waals surface area (Å²) in [6, 6.07) is 15.0. The fourth-order valence-electron chi connectivity index (χ4n) is 4.47. The summed E-state index contributed by atoms with van der Waals surface area (Å²) < 4.78 is 6.34. The lowest BCUT2D eigenvalue weighted by Gasteiger charge is -2.30. The number of carbonyl (C=O) groups is 1. The molecule has 1 saturated heterocycles. The Morgan fingerprint density at radius 3 is 2.68 bits per heavy atom. The standard InChI is InChI=1S/C24H25ClN4O2/c1-28-13-10-16(11-14-28)12-15-31-24-19-5-3-2-4-18(19)23(30)29(24)21-9-7-17-6-8-20(25)26-22(17)27-21/h2-9,16,24H,10-15H2,1H3. The Hall–Kier alpha value is -2.54. The average molecular weight is 437 g/mol.